The number of hydrogen-bond donors (Lipinski definition) is 1. The molecular weight excluding hydrogens is 220 g/mol. The van der Waals surface area contributed by atoms with E-state index >= 15 is 0 Å². The first-order chi connectivity index (χ1) is 8.24. The summed E-state index contributed by atoms with van der Waals surface area (Å²) in [5, 5.41) is 2.90. The Morgan fingerprint density at radius 2 is 2.18 bits per heavy atom. The highest BCUT2D eigenvalue weighted by Gasteiger charge is 2.40. The van der Waals surface area contributed by atoms with Crippen molar-refractivity contribution in [3.63, 3.8) is 0 Å². The summed E-state index contributed by atoms with van der Waals surface area (Å²) in [6, 6.07) is 0. The van der Waals surface area contributed by atoms with Crippen molar-refractivity contribution in [1.29, 1.82) is 0 Å². The number of carbonyl (C=O) groups is 1. The van der Waals surface area contributed by atoms with Gasteiger partial charge in [-0.15, -0.1) is 0 Å². The molecule has 2 saturated heterocycles. The van der Waals surface area contributed by atoms with Crippen molar-refractivity contribution < 1.29 is 14.3 Å². The first-order valence-corrected chi connectivity index (χ1v) is 6.51. The molecule has 0 aromatic rings. The van der Waals surface area contributed by atoms with Gasteiger partial charge in [-0.25, -0.2) is 0 Å². The zero-order valence-electron chi connectivity index (χ0n) is 10.5. The molecule has 5 heteroatoms. The van der Waals surface area contributed by atoms with Crippen molar-refractivity contribution >= 4 is 5.91 Å². The highest BCUT2D eigenvalue weighted by atomic mass is 16.7. The number of rotatable bonds is 4. The van der Waals surface area contributed by atoms with E-state index < -0.39 is 5.79 Å². The van der Waals surface area contributed by atoms with Gasteiger partial charge < -0.3 is 14.8 Å². The van der Waals surface area contributed by atoms with E-state index in [4.69, 9.17) is 9.47 Å². The molecule has 0 aromatic carbocycles. The molecule has 2 aliphatic heterocycles. The fraction of sp³-hybridized carbons (Fsp3) is 0.917. The minimum Gasteiger partial charge on any atom is -0.355 e. The van der Waals surface area contributed by atoms with Crippen molar-refractivity contribution in [3.05, 3.63) is 0 Å². The quantitative estimate of drug-likeness (QED) is 0.773. The fourth-order valence-electron chi connectivity index (χ4n) is 2.46. The van der Waals surface area contributed by atoms with Gasteiger partial charge >= 0.3 is 0 Å². The van der Waals surface area contributed by atoms with E-state index in [1.54, 1.807) is 0 Å². The summed E-state index contributed by atoms with van der Waals surface area (Å²) in [5.74, 6) is -0.328. The number of nitrogens with one attached hydrogen (secondary N) is 1. The van der Waals surface area contributed by atoms with Gasteiger partial charge in [-0.1, -0.05) is 6.92 Å². The fourth-order valence-corrected chi connectivity index (χ4v) is 2.46. The summed E-state index contributed by atoms with van der Waals surface area (Å²) >= 11 is 0. The van der Waals surface area contributed by atoms with Crippen LogP contribution in [0.4, 0.5) is 0 Å². The highest BCUT2D eigenvalue weighted by Crippen LogP contribution is 2.29. The smallest absolute Gasteiger partial charge is 0.234 e. The second-order valence-corrected chi connectivity index (χ2v) is 4.77. The molecule has 2 aliphatic rings. The molecule has 98 valence electrons. The summed E-state index contributed by atoms with van der Waals surface area (Å²) in [7, 11) is 0. The summed E-state index contributed by atoms with van der Waals surface area (Å²) < 4.78 is 11.4. The molecule has 1 N–H and O–H groups in total. The third-order valence-corrected chi connectivity index (χ3v) is 3.25. The Morgan fingerprint density at radius 1 is 1.41 bits per heavy atom. The average molecular weight is 242 g/mol. The third kappa shape index (κ3) is 3.40. The number of nitrogens with zero attached hydrogens (tertiary/aromatic N) is 1. The standard InChI is InChI=1S/C12H22N2O3/c1-2-5-13-11(15)9-14-6-3-4-12(10-14)16-7-8-17-12/h2-10H2,1H3,(H,13,15). The molecule has 17 heavy (non-hydrogen) atoms. The highest BCUT2D eigenvalue weighted by molar-refractivity contribution is 5.77. The Balaban J connectivity index is 1.79. The molecule has 0 bridgehead atoms. The SMILES string of the molecule is CCCNC(=O)CN1CCCC2(C1)OCCO2. The molecule has 2 rings (SSSR count). The van der Waals surface area contributed by atoms with E-state index in [-0.39, 0.29) is 5.91 Å². The van der Waals surface area contributed by atoms with Crippen molar-refractivity contribution in [2.75, 3.05) is 39.4 Å². The van der Waals surface area contributed by atoms with E-state index in [2.05, 4.69) is 17.1 Å². The van der Waals surface area contributed by atoms with E-state index in [9.17, 15) is 4.79 Å². The zero-order chi connectivity index (χ0) is 12.1. The maximum Gasteiger partial charge on any atom is 0.234 e. The topological polar surface area (TPSA) is 50.8 Å². The third-order valence-electron chi connectivity index (χ3n) is 3.25. The average Bonchev–Trinajstić information content (AvgIpc) is 2.74. The van der Waals surface area contributed by atoms with Crippen molar-refractivity contribution in [2.24, 2.45) is 0 Å². The van der Waals surface area contributed by atoms with E-state index in [0.29, 0.717) is 26.3 Å². The minimum absolute atomic E-state index is 0.0990. The van der Waals surface area contributed by atoms with Crippen molar-refractivity contribution in [2.45, 2.75) is 32.0 Å². The van der Waals surface area contributed by atoms with E-state index in [0.717, 1.165) is 32.4 Å². The van der Waals surface area contributed by atoms with Crippen LogP contribution in [0.15, 0.2) is 0 Å². The van der Waals surface area contributed by atoms with Crippen LogP contribution in [0.1, 0.15) is 26.2 Å². The Hall–Kier alpha value is -0.650. The van der Waals surface area contributed by atoms with Gasteiger partial charge in [0.25, 0.3) is 0 Å². The van der Waals surface area contributed by atoms with Crippen LogP contribution < -0.4 is 5.32 Å². The first kappa shape index (κ1) is 12.8. The lowest BCUT2D eigenvalue weighted by Crippen LogP contribution is -2.51. The first-order valence-electron chi connectivity index (χ1n) is 6.51. The molecule has 1 amide bonds. The normalized spacial score (nSPS) is 24.1. The molecule has 0 aliphatic carbocycles. The van der Waals surface area contributed by atoms with Gasteiger partial charge in [-0.3, -0.25) is 9.69 Å². The zero-order valence-corrected chi connectivity index (χ0v) is 10.5. The van der Waals surface area contributed by atoms with Gasteiger partial charge in [0.2, 0.25) is 5.91 Å². The van der Waals surface area contributed by atoms with Crippen LogP contribution in [0, 0.1) is 0 Å². The van der Waals surface area contributed by atoms with Gasteiger partial charge in [-0.2, -0.15) is 0 Å². The molecule has 0 saturated carbocycles. The summed E-state index contributed by atoms with van der Waals surface area (Å²) in [4.78, 5) is 13.8. The van der Waals surface area contributed by atoms with Gasteiger partial charge in [-0.05, 0) is 19.4 Å². The Bertz CT molecular complexity index is 264. The Morgan fingerprint density at radius 3 is 2.88 bits per heavy atom. The number of hydrogen-bond acceptors (Lipinski definition) is 4. The van der Waals surface area contributed by atoms with E-state index in [1.165, 1.54) is 0 Å². The summed E-state index contributed by atoms with van der Waals surface area (Å²) in [5.41, 5.74) is 0. The van der Waals surface area contributed by atoms with Gasteiger partial charge in [0, 0.05) is 13.0 Å². The molecule has 0 atom stereocenters. The van der Waals surface area contributed by atoms with Crippen LogP contribution in [0.25, 0.3) is 0 Å². The lowest BCUT2D eigenvalue weighted by atomic mass is 10.0. The van der Waals surface area contributed by atoms with Gasteiger partial charge in [0.15, 0.2) is 5.79 Å². The lowest BCUT2D eigenvalue weighted by Gasteiger charge is -2.38. The molecule has 5 nitrogen and oxygen atoms in total. The second-order valence-electron chi connectivity index (χ2n) is 4.77. The predicted octanol–water partition coefficient (Wildman–Crippen LogP) is 0.352. The van der Waals surface area contributed by atoms with E-state index in [1.807, 2.05) is 0 Å². The Kier molecular flexibility index (Phi) is 4.36. The minimum atomic E-state index is -0.427. The molecule has 0 aromatic heterocycles. The number of carbonyl (C=O) groups excluding carboxylic acids is 1. The summed E-state index contributed by atoms with van der Waals surface area (Å²) in [6.45, 7) is 6.28. The van der Waals surface area contributed by atoms with Gasteiger partial charge in [0.1, 0.15) is 0 Å². The number of ether oxygens (including phenoxy) is 2. The van der Waals surface area contributed by atoms with Gasteiger partial charge in [0.05, 0.1) is 26.3 Å². The van der Waals surface area contributed by atoms with Crippen molar-refractivity contribution in [1.82, 2.24) is 10.2 Å². The number of piperidine rings is 1. The molecular formula is C12H22N2O3. The van der Waals surface area contributed by atoms with Crippen LogP contribution in [-0.2, 0) is 14.3 Å². The van der Waals surface area contributed by atoms with Crippen LogP contribution in [0.5, 0.6) is 0 Å². The molecule has 2 fully saturated rings. The maximum atomic E-state index is 11.6. The molecule has 0 unspecified atom stereocenters. The number of amides is 1. The second kappa shape index (κ2) is 5.80. The molecule has 2 heterocycles. The predicted molar refractivity (Wildman–Crippen MR) is 63.6 cm³/mol. The van der Waals surface area contributed by atoms with Crippen molar-refractivity contribution in [3.8, 4) is 0 Å². The Labute approximate surface area is 102 Å². The monoisotopic (exact) mass is 242 g/mol. The maximum absolute atomic E-state index is 11.6. The van der Waals surface area contributed by atoms with Crippen LogP contribution >= 0.6 is 0 Å². The molecule has 0 radical (unpaired) electrons. The van der Waals surface area contributed by atoms with Crippen LogP contribution in [0.3, 0.4) is 0 Å². The molecule has 1 spiro atoms. The van der Waals surface area contributed by atoms with Crippen LogP contribution in [0.2, 0.25) is 0 Å². The lowest BCUT2D eigenvalue weighted by molar-refractivity contribution is -0.189. The largest absolute Gasteiger partial charge is 0.355 e. The van der Waals surface area contributed by atoms with Crippen LogP contribution in [-0.4, -0.2) is 56.0 Å². The number of likely N-dealkylation sites (tertiary alicyclic amines) is 1. The summed E-state index contributed by atoms with van der Waals surface area (Å²) in [6.07, 6.45) is 2.95.